The fourth-order valence-corrected chi connectivity index (χ4v) is 4.55. The topological polar surface area (TPSA) is 54.0 Å². The molecule has 1 saturated heterocycles. The van der Waals surface area contributed by atoms with E-state index in [1.807, 2.05) is 29.2 Å². The van der Waals surface area contributed by atoms with Crippen molar-refractivity contribution < 1.29 is 14.3 Å². The van der Waals surface area contributed by atoms with E-state index in [-0.39, 0.29) is 12.1 Å². The number of hydrogen-bond acceptors (Lipinski definition) is 4. The Morgan fingerprint density at radius 3 is 2.77 bits per heavy atom. The van der Waals surface area contributed by atoms with Gasteiger partial charge in [0.05, 0.1) is 7.11 Å². The van der Waals surface area contributed by atoms with Gasteiger partial charge in [-0.25, -0.2) is 4.79 Å². The maximum absolute atomic E-state index is 13.2. The number of carbonyl (C=O) groups is 1. The van der Waals surface area contributed by atoms with E-state index in [4.69, 9.17) is 9.47 Å². The number of nitrogens with zero attached hydrogens (tertiary/aromatic N) is 2. The Kier molecular flexibility index (Phi) is 7.43. The van der Waals surface area contributed by atoms with Crippen LogP contribution in [0.3, 0.4) is 0 Å². The van der Waals surface area contributed by atoms with Crippen LogP contribution in [0.1, 0.15) is 30.4 Å². The summed E-state index contributed by atoms with van der Waals surface area (Å²) in [5.41, 5.74) is 3.67. The number of hydrogen-bond donors (Lipinski definition) is 1. The van der Waals surface area contributed by atoms with Crippen molar-refractivity contribution in [2.24, 2.45) is 0 Å². The lowest BCUT2D eigenvalue weighted by atomic mass is 10.00. The molecule has 0 aromatic heterocycles. The molecule has 31 heavy (non-hydrogen) atoms. The molecule has 1 N–H and O–H groups in total. The summed E-state index contributed by atoms with van der Waals surface area (Å²) in [6.07, 6.45) is 3.85. The zero-order chi connectivity index (χ0) is 21.5. The van der Waals surface area contributed by atoms with Crippen LogP contribution in [0.25, 0.3) is 0 Å². The average molecular weight is 424 g/mol. The Balaban J connectivity index is 1.35. The van der Waals surface area contributed by atoms with Gasteiger partial charge in [0.15, 0.2) is 0 Å². The highest BCUT2D eigenvalue weighted by Gasteiger charge is 2.26. The molecular formula is C25H33N3O3. The van der Waals surface area contributed by atoms with E-state index in [2.05, 4.69) is 34.5 Å². The van der Waals surface area contributed by atoms with Crippen LogP contribution in [-0.2, 0) is 17.7 Å². The first-order valence-electron chi connectivity index (χ1n) is 11.3. The minimum absolute atomic E-state index is 0.0378. The van der Waals surface area contributed by atoms with Crippen molar-refractivity contribution in [1.82, 2.24) is 9.80 Å². The SMILES string of the molecule is COc1cccc(NC(=O)N(CCCN2CCc3ccccc3C2)C2CCOCC2)c1. The van der Waals surface area contributed by atoms with Gasteiger partial charge < -0.3 is 19.7 Å². The third-order valence-electron chi connectivity index (χ3n) is 6.30. The number of nitrogens with one attached hydrogen (secondary N) is 1. The van der Waals surface area contributed by atoms with Crippen LogP contribution in [0.15, 0.2) is 48.5 Å². The second kappa shape index (κ2) is 10.6. The van der Waals surface area contributed by atoms with Crippen LogP contribution in [0.5, 0.6) is 5.75 Å². The molecule has 0 spiro atoms. The molecule has 2 heterocycles. The first-order valence-corrected chi connectivity index (χ1v) is 11.3. The highest BCUT2D eigenvalue weighted by Crippen LogP contribution is 2.21. The number of benzene rings is 2. The number of rotatable bonds is 7. The van der Waals surface area contributed by atoms with Gasteiger partial charge in [-0.15, -0.1) is 0 Å². The predicted octanol–water partition coefficient (Wildman–Crippen LogP) is 4.16. The summed E-state index contributed by atoms with van der Waals surface area (Å²) in [6.45, 7) is 5.28. The van der Waals surface area contributed by atoms with E-state index in [0.717, 1.165) is 76.5 Å². The number of fused-ring (bicyclic) bond motifs is 1. The lowest BCUT2D eigenvalue weighted by Gasteiger charge is -2.35. The largest absolute Gasteiger partial charge is 0.497 e. The van der Waals surface area contributed by atoms with Crippen LogP contribution in [0.2, 0.25) is 0 Å². The smallest absolute Gasteiger partial charge is 0.322 e. The van der Waals surface area contributed by atoms with Gasteiger partial charge in [0.1, 0.15) is 5.75 Å². The van der Waals surface area contributed by atoms with Gasteiger partial charge in [-0.3, -0.25) is 4.90 Å². The normalized spacial score (nSPS) is 17.1. The molecule has 6 heteroatoms. The van der Waals surface area contributed by atoms with Crippen molar-refractivity contribution in [3.63, 3.8) is 0 Å². The van der Waals surface area contributed by atoms with Crippen molar-refractivity contribution in [3.05, 3.63) is 59.7 Å². The quantitative estimate of drug-likeness (QED) is 0.727. The molecule has 166 valence electrons. The van der Waals surface area contributed by atoms with Crippen LogP contribution in [-0.4, -0.2) is 61.8 Å². The maximum atomic E-state index is 13.2. The Morgan fingerprint density at radius 1 is 1.16 bits per heavy atom. The standard InChI is InChI=1S/C25H33N3O3/c1-30-24-9-4-8-22(18-24)26-25(29)28(23-11-16-31-17-12-23)14-5-13-27-15-10-20-6-2-3-7-21(20)19-27/h2-4,6-9,18,23H,5,10-17,19H2,1H3,(H,26,29). The van der Waals surface area contributed by atoms with Crippen molar-refractivity contribution in [2.75, 3.05) is 45.3 Å². The molecule has 4 rings (SSSR count). The van der Waals surface area contributed by atoms with E-state index in [1.54, 1.807) is 7.11 Å². The van der Waals surface area contributed by atoms with Crippen molar-refractivity contribution in [3.8, 4) is 5.75 Å². The van der Waals surface area contributed by atoms with Gasteiger partial charge in [-0.2, -0.15) is 0 Å². The molecular weight excluding hydrogens is 390 g/mol. The minimum Gasteiger partial charge on any atom is -0.497 e. The third-order valence-corrected chi connectivity index (χ3v) is 6.30. The third kappa shape index (κ3) is 5.77. The van der Waals surface area contributed by atoms with Crippen LogP contribution < -0.4 is 10.1 Å². The van der Waals surface area contributed by atoms with E-state index in [0.29, 0.717) is 0 Å². The summed E-state index contributed by atoms with van der Waals surface area (Å²) < 4.78 is 10.8. The van der Waals surface area contributed by atoms with Gasteiger partial charge in [0.25, 0.3) is 0 Å². The minimum atomic E-state index is -0.0378. The van der Waals surface area contributed by atoms with Crippen molar-refractivity contribution in [1.29, 1.82) is 0 Å². The number of urea groups is 1. The van der Waals surface area contributed by atoms with Crippen molar-refractivity contribution >= 4 is 11.7 Å². The Labute approximate surface area is 185 Å². The van der Waals surface area contributed by atoms with Crippen LogP contribution in [0, 0.1) is 0 Å². The Hall–Kier alpha value is -2.57. The molecule has 0 radical (unpaired) electrons. The van der Waals surface area contributed by atoms with Gasteiger partial charge in [-0.05, 0) is 48.9 Å². The van der Waals surface area contributed by atoms with Crippen LogP contribution in [0.4, 0.5) is 10.5 Å². The maximum Gasteiger partial charge on any atom is 0.322 e. The van der Waals surface area contributed by atoms with Gasteiger partial charge >= 0.3 is 6.03 Å². The molecule has 2 aromatic rings. The molecule has 2 aromatic carbocycles. The summed E-state index contributed by atoms with van der Waals surface area (Å²) in [5, 5.41) is 3.07. The van der Waals surface area contributed by atoms with Crippen LogP contribution >= 0.6 is 0 Å². The highest BCUT2D eigenvalue weighted by molar-refractivity contribution is 5.89. The first kappa shape index (κ1) is 21.7. The number of anilines is 1. The summed E-state index contributed by atoms with van der Waals surface area (Å²) in [5.74, 6) is 0.737. The summed E-state index contributed by atoms with van der Waals surface area (Å²) in [6, 6.07) is 16.4. The number of carbonyl (C=O) groups excluding carboxylic acids is 1. The fourth-order valence-electron chi connectivity index (χ4n) is 4.55. The molecule has 0 saturated carbocycles. The number of ether oxygens (including phenoxy) is 2. The number of methoxy groups -OCH3 is 1. The summed E-state index contributed by atoms with van der Waals surface area (Å²) >= 11 is 0. The van der Waals surface area contributed by atoms with E-state index >= 15 is 0 Å². The molecule has 0 aliphatic carbocycles. The molecule has 6 nitrogen and oxygen atoms in total. The monoisotopic (exact) mass is 423 g/mol. The predicted molar refractivity (Wildman–Crippen MR) is 123 cm³/mol. The second-order valence-corrected chi connectivity index (χ2v) is 8.35. The average Bonchev–Trinajstić information content (AvgIpc) is 2.82. The summed E-state index contributed by atoms with van der Waals surface area (Å²) in [7, 11) is 1.63. The van der Waals surface area contributed by atoms with Gasteiger partial charge in [0.2, 0.25) is 0 Å². The van der Waals surface area contributed by atoms with Gasteiger partial charge in [0, 0.05) is 57.2 Å². The highest BCUT2D eigenvalue weighted by atomic mass is 16.5. The lowest BCUT2D eigenvalue weighted by molar-refractivity contribution is 0.0468. The van der Waals surface area contributed by atoms with E-state index in [9.17, 15) is 4.79 Å². The zero-order valence-corrected chi connectivity index (χ0v) is 18.4. The lowest BCUT2D eigenvalue weighted by Crippen LogP contribution is -2.46. The van der Waals surface area contributed by atoms with Gasteiger partial charge in [-0.1, -0.05) is 30.3 Å². The molecule has 2 aliphatic rings. The zero-order valence-electron chi connectivity index (χ0n) is 18.4. The Morgan fingerprint density at radius 2 is 1.97 bits per heavy atom. The molecule has 2 amide bonds. The number of amides is 2. The molecule has 0 bridgehead atoms. The van der Waals surface area contributed by atoms with E-state index < -0.39 is 0 Å². The van der Waals surface area contributed by atoms with Crippen molar-refractivity contribution in [2.45, 2.75) is 38.3 Å². The summed E-state index contributed by atoms with van der Waals surface area (Å²) in [4.78, 5) is 17.7. The molecule has 2 aliphatic heterocycles. The molecule has 0 atom stereocenters. The first-order chi connectivity index (χ1) is 15.2. The second-order valence-electron chi connectivity index (χ2n) is 8.35. The molecule has 1 fully saturated rings. The Bertz CT molecular complexity index is 867. The fraction of sp³-hybridized carbons (Fsp3) is 0.480. The van der Waals surface area contributed by atoms with E-state index in [1.165, 1.54) is 11.1 Å². The molecule has 0 unspecified atom stereocenters.